The lowest BCUT2D eigenvalue weighted by Crippen LogP contribution is -2.44. The van der Waals surface area contributed by atoms with Gasteiger partial charge in [-0.15, -0.1) is 0 Å². The van der Waals surface area contributed by atoms with Crippen LogP contribution in [0.25, 0.3) is 0 Å². The normalized spacial score (nSPS) is 33.1. The van der Waals surface area contributed by atoms with Gasteiger partial charge in [-0.2, -0.15) is 0 Å². The number of aryl methyl sites for hydroxylation is 1. The van der Waals surface area contributed by atoms with Gasteiger partial charge in [0, 0.05) is 12.6 Å². The van der Waals surface area contributed by atoms with Gasteiger partial charge in [0.1, 0.15) is 5.75 Å². The second-order valence-electron chi connectivity index (χ2n) is 6.76. The van der Waals surface area contributed by atoms with Crippen LogP contribution in [0.5, 0.6) is 5.75 Å². The molecular weight excluding hydrogens is 250 g/mol. The Morgan fingerprint density at radius 3 is 2.75 bits per heavy atom. The van der Waals surface area contributed by atoms with Crippen molar-refractivity contribution in [2.24, 2.45) is 5.92 Å². The molecule has 0 saturated heterocycles. The summed E-state index contributed by atoms with van der Waals surface area (Å²) in [6.07, 6.45) is 6.16. The van der Waals surface area contributed by atoms with E-state index in [2.05, 4.69) is 12.2 Å². The molecule has 0 heterocycles. The molecule has 1 unspecified atom stereocenters. The van der Waals surface area contributed by atoms with Gasteiger partial charge in [0.2, 0.25) is 0 Å². The lowest BCUT2D eigenvalue weighted by Gasteiger charge is -2.36. The number of benzene rings is 1. The van der Waals surface area contributed by atoms with Gasteiger partial charge in [0.05, 0.1) is 5.60 Å². The quantitative estimate of drug-likeness (QED) is 0.795. The molecule has 0 aromatic heterocycles. The standard InChI is InChI=1S/C17H25NO2/c1-12-6-8-17(20,9-7-12)11-18-16-5-2-13-10-14(19)3-4-15(13)16/h3-4,10,12,16,18-20H,2,5-9,11H2,1H3. The molecule has 20 heavy (non-hydrogen) atoms. The van der Waals surface area contributed by atoms with Gasteiger partial charge in [0.25, 0.3) is 0 Å². The third kappa shape index (κ3) is 2.84. The van der Waals surface area contributed by atoms with Crippen LogP contribution in [-0.4, -0.2) is 22.4 Å². The van der Waals surface area contributed by atoms with Gasteiger partial charge in [0.15, 0.2) is 0 Å². The number of rotatable bonds is 3. The number of fused-ring (bicyclic) bond motifs is 1. The maximum Gasteiger partial charge on any atom is 0.115 e. The zero-order valence-electron chi connectivity index (χ0n) is 12.2. The highest BCUT2D eigenvalue weighted by atomic mass is 16.3. The maximum absolute atomic E-state index is 10.6. The van der Waals surface area contributed by atoms with Crippen LogP contribution >= 0.6 is 0 Å². The minimum atomic E-state index is -0.522. The predicted molar refractivity (Wildman–Crippen MR) is 79.8 cm³/mol. The van der Waals surface area contributed by atoms with Crippen LogP contribution in [-0.2, 0) is 6.42 Å². The van der Waals surface area contributed by atoms with E-state index in [0.29, 0.717) is 18.3 Å². The third-order valence-electron chi connectivity index (χ3n) is 5.09. The summed E-state index contributed by atoms with van der Waals surface area (Å²) in [6, 6.07) is 5.97. The van der Waals surface area contributed by atoms with Gasteiger partial charge in [-0.05, 0) is 67.7 Å². The first-order valence-corrected chi connectivity index (χ1v) is 7.83. The average Bonchev–Trinajstić information content (AvgIpc) is 2.83. The number of hydrogen-bond acceptors (Lipinski definition) is 3. The Balaban J connectivity index is 1.60. The van der Waals surface area contributed by atoms with Crippen LogP contribution in [0.4, 0.5) is 0 Å². The van der Waals surface area contributed by atoms with Crippen LogP contribution in [0.3, 0.4) is 0 Å². The minimum absolute atomic E-state index is 0.328. The van der Waals surface area contributed by atoms with E-state index in [1.54, 1.807) is 6.07 Å². The Labute approximate surface area is 121 Å². The molecule has 0 radical (unpaired) electrons. The van der Waals surface area contributed by atoms with Crippen LogP contribution in [0, 0.1) is 5.92 Å². The van der Waals surface area contributed by atoms with Crippen molar-refractivity contribution in [1.82, 2.24) is 5.32 Å². The van der Waals surface area contributed by atoms with E-state index in [1.807, 2.05) is 12.1 Å². The summed E-state index contributed by atoms with van der Waals surface area (Å²) < 4.78 is 0. The monoisotopic (exact) mass is 275 g/mol. The molecule has 3 nitrogen and oxygen atoms in total. The van der Waals surface area contributed by atoms with E-state index in [-0.39, 0.29) is 0 Å². The van der Waals surface area contributed by atoms with E-state index in [1.165, 1.54) is 11.1 Å². The molecule has 1 fully saturated rings. The van der Waals surface area contributed by atoms with E-state index < -0.39 is 5.60 Å². The van der Waals surface area contributed by atoms with Crippen molar-refractivity contribution in [3.05, 3.63) is 29.3 Å². The largest absolute Gasteiger partial charge is 0.508 e. The third-order valence-corrected chi connectivity index (χ3v) is 5.09. The highest BCUT2D eigenvalue weighted by molar-refractivity contribution is 5.40. The van der Waals surface area contributed by atoms with Crippen LogP contribution in [0.15, 0.2) is 18.2 Å². The van der Waals surface area contributed by atoms with Crippen LogP contribution in [0.2, 0.25) is 0 Å². The number of aliphatic hydroxyl groups is 1. The number of nitrogens with one attached hydrogen (secondary N) is 1. The van der Waals surface area contributed by atoms with Gasteiger partial charge < -0.3 is 15.5 Å². The van der Waals surface area contributed by atoms with Gasteiger partial charge >= 0.3 is 0 Å². The molecule has 0 amide bonds. The summed E-state index contributed by atoms with van der Waals surface area (Å²) in [5, 5.41) is 23.7. The molecule has 1 aromatic carbocycles. The molecule has 110 valence electrons. The van der Waals surface area contributed by atoms with Crippen molar-refractivity contribution in [3.8, 4) is 5.75 Å². The van der Waals surface area contributed by atoms with Crippen LogP contribution in [0.1, 0.15) is 56.2 Å². The summed E-state index contributed by atoms with van der Waals surface area (Å²) in [7, 11) is 0. The van der Waals surface area contributed by atoms with E-state index in [9.17, 15) is 10.2 Å². The molecule has 0 bridgehead atoms. The van der Waals surface area contributed by atoms with Gasteiger partial charge in [-0.3, -0.25) is 0 Å². The second kappa shape index (κ2) is 5.38. The summed E-state index contributed by atoms with van der Waals surface area (Å²) in [5.41, 5.74) is 2.01. The smallest absolute Gasteiger partial charge is 0.115 e. The number of hydrogen-bond donors (Lipinski definition) is 3. The summed E-state index contributed by atoms with van der Waals surface area (Å²) in [6.45, 7) is 2.96. The molecule has 2 aliphatic rings. The zero-order valence-corrected chi connectivity index (χ0v) is 12.2. The first-order chi connectivity index (χ1) is 9.56. The van der Waals surface area contributed by atoms with E-state index >= 15 is 0 Å². The maximum atomic E-state index is 10.6. The molecule has 0 aliphatic heterocycles. The van der Waals surface area contributed by atoms with Crippen molar-refractivity contribution in [1.29, 1.82) is 0 Å². The highest BCUT2D eigenvalue weighted by Gasteiger charge is 2.33. The molecular formula is C17H25NO2. The molecule has 3 heteroatoms. The van der Waals surface area contributed by atoms with Crippen molar-refractivity contribution in [2.45, 2.75) is 57.1 Å². The molecule has 3 rings (SSSR count). The average molecular weight is 275 g/mol. The van der Waals surface area contributed by atoms with Crippen molar-refractivity contribution < 1.29 is 10.2 Å². The van der Waals surface area contributed by atoms with Crippen molar-refractivity contribution in [3.63, 3.8) is 0 Å². The van der Waals surface area contributed by atoms with Crippen molar-refractivity contribution >= 4 is 0 Å². The minimum Gasteiger partial charge on any atom is -0.508 e. The topological polar surface area (TPSA) is 52.5 Å². The molecule has 3 N–H and O–H groups in total. The van der Waals surface area contributed by atoms with E-state index in [4.69, 9.17) is 0 Å². The fourth-order valence-electron chi connectivity index (χ4n) is 3.61. The predicted octanol–water partition coefficient (Wildman–Crippen LogP) is 2.91. The molecule has 0 spiro atoms. The van der Waals surface area contributed by atoms with Crippen LogP contribution < -0.4 is 5.32 Å². The fraction of sp³-hybridized carbons (Fsp3) is 0.647. The number of aromatic hydroxyl groups is 1. The van der Waals surface area contributed by atoms with E-state index in [0.717, 1.165) is 44.4 Å². The Bertz CT molecular complexity index is 478. The summed E-state index contributed by atoms with van der Waals surface area (Å²) in [5.74, 6) is 1.11. The number of phenolic OH excluding ortho intramolecular Hbond substituents is 1. The van der Waals surface area contributed by atoms with Gasteiger partial charge in [-0.1, -0.05) is 13.0 Å². The first kappa shape index (κ1) is 13.9. The molecule has 1 atom stereocenters. The van der Waals surface area contributed by atoms with Gasteiger partial charge in [-0.25, -0.2) is 0 Å². The fourth-order valence-corrected chi connectivity index (χ4v) is 3.61. The first-order valence-electron chi connectivity index (χ1n) is 7.83. The Morgan fingerprint density at radius 1 is 1.25 bits per heavy atom. The Hall–Kier alpha value is -1.06. The molecule has 1 aromatic rings. The zero-order chi connectivity index (χ0) is 14.2. The Kier molecular flexibility index (Phi) is 3.74. The number of phenols is 1. The van der Waals surface area contributed by atoms with Crippen molar-refractivity contribution in [2.75, 3.05) is 6.54 Å². The Morgan fingerprint density at radius 2 is 2.00 bits per heavy atom. The summed E-state index contributed by atoms with van der Waals surface area (Å²) >= 11 is 0. The molecule has 1 saturated carbocycles. The molecule has 2 aliphatic carbocycles. The second-order valence-corrected chi connectivity index (χ2v) is 6.76. The lowest BCUT2D eigenvalue weighted by molar-refractivity contribution is -0.00818. The SMILES string of the molecule is CC1CCC(O)(CNC2CCc3cc(O)ccc32)CC1. The highest BCUT2D eigenvalue weighted by Crippen LogP contribution is 2.35. The summed E-state index contributed by atoms with van der Waals surface area (Å²) in [4.78, 5) is 0. The lowest BCUT2D eigenvalue weighted by atomic mass is 9.79.